The second kappa shape index (κ2) is 12.0. The molecule has 220 valence electrons. The van der Waals surface area contributed by atoms with Crippen molar-refractivity contribution in [3.8, 4) is 22.9 Å². The highest BCUT2D eigenvalue weighted by Gasteiger charge is 2.28. The molecule has 2 atom stereocenters. The molecule has 2 aromatic carbocycles. The number of nitriles is 1. The Kier molecular flexibility index (Phi) is 7.99. The lowest BCUT2D eigenvalue weighted by atomic mass is 9.94. The zero-order chi connectivity index (χ0) is 31.0. The Morgan fingerprint density at radius 3 is 2.75 bits per heavy atom. The maximum absolute atomic E-state index is 15.5. The summed E-state index contributed by atoms with van der Waals surface area (Å²) in [5.74, 6) is -1.04. The lowest BCUT2D eigenvalue weighted by Crippen LogP contribution is -2.29. The van der Waals surface area contributed by atoms with Crippen LogP contribution < -0.4 is 5.32 Å². The fourth-order valence-electron chi connectivity index (χ4n) is 5.42. The molecule has 1 amide bonds. The molecule has 0 spiro atoms. The first-order valence-electron chi connectivity index (χ1n) is 13.8. The second-order valence-corrected chi connectivity index (χ2v) is 11.4. The van der Waals surface area contributed by atoms with Crippen LogP contribution in [0.1, 0.15) is 49.0 Å². The Hall–Kier alpha value is -4.85. The minimum absolute atomic E-state index is 0.0697. The van der Waals surface area contributed by atoms with E-state index in [-0.39, 0.29) is 33.6 Å². The number of fused-ring (bicyclic) bond motifs is 4. The summed E-state index contributed by atoms with van der Waals surface area (Å²) in [6.45, 7) is 6.17. The Bertz CT molecular complexity index is 1910. The van der Waals surface area contributed by atoms with Gasteiger partial charge in [-0.1, -0.05) is 54.4 Å². The maximum atomic E-state index is 15.5. The van der Waals surface area contributed by atoms with Crippen molar-refractivity contribution >= 4 is 46.8 Å². The van der Waals surface area contributed by atoms with Crippen molar-refractivity contribution in [2.75, 3.05) is 5.32 Å². The molecule has 2 aliphatic heterocycles. The highest BCUT2D eigenvalue weighted by molar-refractivity contribution is 6.31. The number of aliphatic imine (C=N–C) groups is 1. The van der Waals surface area contributed by atoms with Crippen LogP contribution in [-0.2, 0) is 4.79 Å². The molecule has 0 saturated heterocycles. The second-order valence-electron chi connectivity index (χ2n) is 10.6. The van der Waals surface area contributed by atoms with E-state index < -0.39 is 5.82 Å². The zero-order valence-electron chi connectivity index (χ0n) is 23.5. The lowest BCUT2D eigenvalue weighted by molar-refractivity contribution is -0.119. The first kappa shape index (κ1) is 29.2. The number of hydrogen-bond acceptors (Lipinski definition) is 7. The van der Waals surface area contributed by atoms with Gasteiger partial charge in [0.25, 0.3) is 0 Å². The molecule has 12 heteroatoms. The standard InChI is InChI=1S/C32H25Cl2FN8O/c1-18-4-3-5-27(25-14-21(10-11-37-25)22-7-6-20(15-36)13-24(22)39-32(18)44)42-17-38-26(12-19(42)2)30-28(9-8-23(33)31(30)35)43-16-29(34)40-41-43/h6-14,16-18,27H,2-5H2,1H3,(H,39,44)/t18-,27+/m1/s1. The molecular weight excluding hydrogens is 602 g/mol. The fourth-order valence-corrected chi connectivity index (χ4v) is 5.71. The van der Waals surface area contributed by atoms with Crippen molar-refractivity contribution < 1.29 is 9.18 Å². The number of nitrogens with zero attached hydrogens (tertiary/aromatic N) is 7. The van der Waals surface area contributed by atoms with E-state index >= 15 is 4.39 Å². The van der Waals surface area contributed by atoms with E-state index in [1.807, 2.05) is 30.0 Å². The third kappa shape index (κ3) is 5.60. The quantitative estimate of drug-likeness (QED) is 0.254. The van der Waals surface area contributed by atoms with Gasteiger partial charge in [0.2, 0.25) is 5.91 Å². The molecule has 0 radical (unpaired) electrons. The topological polar surface area (TPSA) is 112 Å². The third-order valence-electron chi connectivity index (χ3n) is 7.74. The summed E-state index contributed by atoms with van der Waals surface area (Å²) in [5, 5.41) is 20.3. The number of hydrogen-bond donors (Lipinski definition) is 1. The van der Waals surface area contributed by atoms with Crippen molar-refractivity contribution in [1.82, 2.24) is 24.9 Å². The normalized spacial score (nSPS) is 18.4. The van der Waals surface area contributed by atoms with Gasteiger partial charge in [-0.15, -0.1) is 5.10 Å². The van der Waals surface area contributed by atoms with Crippen molar-refractivity contribution in [1.29, 1.82) is 5.26 Å². The number of amides is 1. The minimum atomic E-state index is -0.661. The number of carbonyl (C=O) groups excluding carboxylic acids is 1. The van der Waals surface area contributed by atoms with Crippen LogP contribution in [0.3, 0.4) is 0 Å². The first-order valence-corrected chi connectivity index (χ1v) is 14.6. The molecule has 0 saturated carbocycles. The van der Waals surface area contributed by atoms with Gasteiger partial charge in [-0.3, -0.25) is 9.78 Å². The van der Waals surface area contributed by atoms with Gasteiger partial charge in [0.1, 0.15) is 0 Å². The molecule has 0 aliphatic carbocycles. The predicted octanol–water partition coefficient (Wildman–Crippen LogP) is 7.35. The molecule has 4 heterocycles. The first-order chi connectivity index (χ1) is 21.2. The van der Waals surface area contributed by atoms with E-state index in [1.54, 1.807) is 36.8 Å². The van der Waals surface area contributed by atoms with Crippen molar-refractivity contribution in [3.63, 3.8) is 0 Å². The van der Waals surface area contributed by atoms with Gasteiger partial charge >= 0.3 is 0 Å². The van der Waals surface area contributed by atoms with Crippen LogP contribution in [-0.4, -0.2) is 37.1 Å². The van der Waals surface area contributed by atoms with Crippen molar-refractivity contribution in [2.45, 2.75) is 32.2 Å². The van der Waals surface area contributed by atoms with Crippen LogP contribution in [0.5, 0.6) is 0 Å². The van der Waals surface area contributed by atoms with E-state index in [1.165, 1.54) is 16.9 Å². The molecule has 2 bridgehead atoms. The van der Waals surface area contributed by atoms with Gasteiger partial charge in [0.15, 0.2) is 11.0 Å². The van der Waals surface area contributed by atoms with Gasteiger partial charge < -0.3 is 10.2 Å². The van der Waals surface area contributed by atoms with Gasteiger partial charge in [0.05, 0.1) is 57.9 Å². The largest absolute Gasteiger partial charge is 0.325 e. The van der Waals surface area contributed by atoms with E-state index in [0.717, 1.165) is 16.8 Å². The van der Waals surface area contributed by atoms with E-state index in [0.29, 0.717) is 47.6 Å². The van der Waals surface area contributed by atoms with Crippen LogP contribution in [0, 0.1) is 23.1 Å². The average molecular weight is 628 g/mol. The number of rotatable bonds is 3. The molecule has 2 aromatic heterocycles. The summed E-state index contributed by atoms with van der Waals surface area (Å²) < 4.78 is 16.9. The number of carbonyl (C=O) groups is 1. The molecule has 0 fully saturated rings. The van der Waals surface area contributed by atoms with Crippen LogP contribution in [0.2, 0.25) is 10.2 Å². The third-order valence-corrected chi connectivity index (χ3v) is 8.20. The Morgan fingerprint density at radius 2 is 2.00 bits per heavy atom. The number of halogens is 3. The molecule has 2 aliphatic rings. The molecule has 0 unspecified atom stereocenters. The monoisotopic (exact) mass is 626 g/mol. The highest BCUT2D eigenvalue weighted by atomic mass is 35.5. The Balaban J connectivity index is 1.39. The van der Waals surface area contributed by atoms with E-state index in [9.17, 15) is 10.1 Å². The summed E-state index contributed by atoms with van der Waals surface area (Å²) >= 11 is 12.2. The lowest BCUT2D eigenvalue weighted by Gasteiger charge is -2.33. The van der Waals surface area contributed by atoms with Crippen LogP contribution in [0.15, 0.2) is 78.2 Å². The molecular formula is C32H25Cl2FN8O. The Labute approximate surface area is 263 Å². The number of allylic oxidation sites excluding steroid dienone is 1. The van der Waals surface area contributed by atoms with Crippen molar-refractivity contribution in [3.05, 3.63) is 106 Å². The summed E-state index contributed by atoms with van der Waals surface area (Å²) in [6.07, 6.45) is 8.48. The molecule has 6 rings (SSSR count). The van der Waals surface area contributed by atoms with Gasteiger partial charge in [-0.2, -0.15) is 5.26 Å². The zero-order valence-corrected chi connectivity index (χ0v) is 25.0. The van der Waals surface area contributed by atoms with Crippen molar-refractivity contribution in [2.24, 2.45) is 10.9 Å². The molecule has 44 heavy (non-hydrogen) atoms. The minimum Gasteiger partial charge on any atom is -0.325 e. The average Bonchev–Trinajstić information content (AvgIpc) is 3.46. The predicted molar refractivity (Wildman–Crippen MR) is 168 cm³/mol. The molecule has 4 aromatic rings. The molecule has 9 nitrogen and oxygen atoms in total. The van der Waals surface area contributed by atoms with Crippen LogP contribution in [0.25, 0.3) is 22.5 Å². The summed E-state index contributed by atoms with van der Waals surface area (Å²) in [4.78, 5) is 24.3. The Morgan fingerprint density at radius 1 is 1.16 bits per heavy atom. The number of anilines is 1. The molecule has 1 N–H and O–H groups in total. The number of pyridine rings is 1. The smallest absolute Gasteiger partial charge is 0.227 e. The van der Waals surface area contributed by atoms with Crippen LogP contribution >= 0.6 is 23.2 Å². The van der Waals surface area contributed by atoms with Gasteiger partial charge in [-0.25, -0.2) is 14.1 Å². The van der Waals surface area contributed by atoms with E-state index in [4.69, 9.17) is 28.2 Å². The number of aromatic nitrogens is 4. The summed E-state index contributed by atoms with van der Waals surface area (Å²) in [5.41, 5.74) is 4.75. The SMILES string of the molecule is C=C1C=C(c2c(-n3cc(Cl)nn3)ccc(Cl)c2F)N=CN1[C@H]1CCC[C@@H](C)C(=O)Nc2cc(C#N)ccc2-c2ccnc1c2. The number of nitrogens with one attached hydrogen (secondary N) is 1. The maximum Gasteiger partial charge on any atom is 0.227 e. The summed E-state index contributed by atoms with van der Waals surface area (Å²) in [7, 11) is 0. The highest BCUT2D eigenvalue weighted by Crippen LogP contribution is 2.38. The van der Waals surface area contributed by atoms with E-state index in [2.05, 4.69) is 33.3 Å². The summed E-state index contributed by atoms with van der Waals surface area (Å²) in [6, 6.07) is 14.0. The number of benzene rings is 2. The fraction of sp³-hybridized carbons (Fsp3) is 0.188. The van der Waals surface area contributed by atoms with Gasteiger partial charge in [-0.05, 0) is 60.9 Å². The van der Waals surface area contributed by atoms with Crippen LogP contribution in [0.4, 0.5) is 10.1 Å². The van der Waals surface area contributed by atoms with Gasteiger partial charge in [0, 0.05) is 29.1 Å².